The highest BCUT2D eigenvalue weighted by molar-refractivity contribution is 5.98. The zero-order valence-corrected chi connectivity index (χ0v) is 17.9. The summed E-state index contributed by atoms with van der Waals surface area (Å²) in [7, 11) is 0. The van der Waals surface area contributed by atoms with Gasteiger partial charge in [0.05, 0.1) is 24.7 Å². The zero-order chi connectivity index (χ0) is 24.4. The molecule has 2 aromatic rings. The summed E-state index contributed by atoms with van der Waals surface area (Å²) in [5.74, 6) is -3.38. The number of hydrogen-bond acceptors (Lipinski definition) is 5. The second kappa shape index (κ2) is 11.8. The molecule has 0 unspecified atom stereocenters. The molecule has 8 N–H and O–H groups in total. The minimum atomic E-state index is -1.32. The quantitative estimate of drug-likeness (QED) is 0.218. The average molecular weight is 454 g/mol. The second-order valence-corrected chi connectivity index (χ2v) is 7.13. The van der Waals surface area contributed by atoms with Gasteiger partial charge < -0.3 is 32.5 Å². The molecule has 0 heterocycles. The Morgan fingerprint density at radius 2 is 1.70 bits per heavy atom. The molecule has 3 amide bonds. The fourth-order valence-corrected chi connectivity index (χ4v) is 2.90. The highest BCUT2D eigenvalue weighted by Gasteiger charge is 2.25. The molecular weight excluding hydrogens is 428 g/mol. The molecule has 2 atom stereocenters. The molecule has 0 aliphatic heterocycles. The highest BCUT2D eigenvalue weighted by atomic mass is 16.4. The molecule has 0 aromatic heterocycles. The first-order valence-electron chi connectivity index (χ1n) is 10.00. The molecule has 33 heavy (non-hydrogen) atoms. The molecule has 11 nitrogen and oxygen atoms in total. The van der Waals surface area contributed by atoms with Gasteiger partial charge in [-0.25, -0.2) is 4.99 Å². The van der Waals surface area contributed by atoms with Crippen molar-refractivity contribution >= 4 is 35.3 Å². The van der Waals surface area contributed by atoms with Crippen molar-refractivity contribution in [3.8, 4) is 0 Å². The zero-order valence-electron chi connectivity index (χ0n) is 17.9. The van der Waals surface area contributed by atoms with Crippen LogP contribution in [0, 0.1) is 0 Å². The van der Waals surface area contributed by atoms with E-state index in [1.54, 1.807) is 19.1 Å². The predicted octanol–water partition coefficient (Wildman–Crippen LogP) is 0.158. The Kier molecular flexibility index (Phi) is 8.92. The Morgan fingerprint density at radius 1 is 1.00 bits per heavy atom. The minimum Gasteiger partial charge on any atom is -0.481 e. The number of nitrogens with one attached hydrogen (secondary N) is 3. The summed E-state index contributed by atoms with van der Waals surface area (Å²) in [6, 6.07) is 13.5. The van der Waals surface area contributed by atoms with Gasteiger partial charge in [-0.1, -0.05) is 36.4 Å². The summed E-state index contributed by atoms with van der Waals surface area (Å²) >= 11 is 0. The number of nitrogens with two attached hydrogens (primary N) is 2. The van der Waals surface area contributed by atoms with Crippen molar-refractivity contribution in [2.45, 2.75) is 25.4 Å². The lowest BCUT2D eigenvalue weighted by molar-refractivity contribution is -0.140. The second-order valence-electron chi connectivity index (χ2n) is 7.13. The molecule has 0 saturated heterocycles. The van der Waals surface area contributed by atoms with E-state index in [1.165, 1.54) is 12.1 Å². The summed E-state index contributed by atoms with van der Waals surface area (Å²) in [6.07, 6.45) is -0.617. The van der Waals surface area contributed by atoms with E-state index in [-0.39, 0.29) is 11.5 Å². The van der Waals surface area contributed by atoms with E-state index in [4.69, 9.17) is 16.6 Å². The minimum absolute atomic E-state index is 0.170. The first-order chi connectivity index (χ1) is 15.7. The molecule has 2 aromatic carbocycles. The van der Waals surface area contributed by atoms with Crippen molar-refractivity contribution in [3.05, 3.63) is 65.7 Å². The van der Waals surface area contributed by atoms with E-state index in [9.17, 15) is 19.2 Å². The number of rotatable bonds is 10. The van der Waals surface area contributed by atoms with Crippen LogP contribution in [0.15, 0.2) is 59.6 Å². The number of amides is 3. The summed E-state index contributed by atoms with van der Waals surface area (Å²) in [5.41, 5.74) is 12.0. The molecular formula is C22H26N6O5. The molecule has 0 fully saturated rings. The lowest BCUT2D eigenvalue weighted by atomic mass is 10.1. The van der Waals surface area contributed by atoms with Crippen LogP contribution in [0.3, 0.4) is 0 Å². The summed E-state index contributed by atoms with van der Waals surface area (Å²) < 4.78 is 0. The summed E-state index contributed by atoms with van der Waals surface area (Å²) in [6.45, 7) is 1.27. The normalized spacial score (nSPS) is 12.0. The van der Waals surface area contributed by atoms with Gasteiger partial charge in [0.1, 0.15) is 6.04 Å². The van der Waals surface area contributed by atoms with Crippen LogP contribution in [0.5, 0.6) is 0 Å². The van der Waals surface area contributed by atoms with E-state index in [0.29, 0.717) is 5.69 Å². The Morgan fingerprint density at radius 3 is 2.33 bits per heavy atom. The number of carboxylic acids is 1. The predicted molar refractivity (Wildman–Crippen MR) is 121 cm³/mol. The van der Waals surface area contributed by atoms with E-state index in [1.807, 2.05) is 30.3 Å². The molecule has 0 radical (unpaired) electrons. The molecule has 11 heteroatoms. The first kappa shape index (κ1) is 24.9. The van der Waals surface area contributed by atoms with Gasteiger partial charge in [-0.3, -0.25) is 19.2 Å². The van der Waals surface area contributed by atoms with E-state index in [0.717, 1.165) is 5.56 Å². The number of benzene rings is 2. The van der Waals surface area contributed by atoms with Gasteiger partial charge in [0.15, 0.2) is 5.96 Å². The van der Waals surface area contributed by atoms with Gasteiger partial charge in [-0.2, -0.15) is 0 Å². The molecule has 0 aliphatic carbocycles. The molecule has 0 aliphatic rings. The summed E-state index contributed by atoms with van der Waals surface area (Å²) in [5, 5.41) is 16.6. The Bertz CT molecular complexity index is 1040. The van der Waals surface area contributed by atoms with Crippen LogP contribution in [0.25, 0.3) is 0 Å². The maximum Gasteiger partial charge on any atom is 0.305 e. The van der Waals surface area contributed by atoms with Crippen molar-refractivity contribution in [2.75, 3.05) is 6.54 Å². The topological polar surface area (TPSA) is 189 Å². The lowest BCUT2D eigenvalue weighted by Crippen LogP contribution is -2.50. The van der Waals surface area contributed by atoms with Gasteiger partial charge in [0.25, 0.3) is 5.91 Å². The molecule has 0 saturated carbocycles. The number of guanidine groups is 1. The Hall–Kier alpha value is -4.41. The van der Waals surface area contributed by atoms with Crippen LogP contribution < -0.4 is 27.4 Å². The van der Waals surface area contributed by atoms with E-state index >= 15 is 0 Å². The third-order valence-electron chi connectivity index (χ3n) is 4.46. The Balaban J connectivity index is 1.96. The van der Waals surface area contributed by atoms with Crippen LogP contribution in [0.1, 0.15) is 35.3 Å². The number of carbonyl (C=O) groups excluding carboxylic acids is 3. The Labute approximate surface area is 190 Å². The third-order valence-corrected chi connectivity index (χ3v) is 4.46. The summed E-state index contributed by atoms with van der Waals surface area (Å²) in [4.78, 5) is 52.2. The van der Waals surface area contributed by atoms with Crippen molar-refractivity contribution in [3.63, 3.8) is 0 Å². The number of aliphatic imine (C=N–C) groups is 1. The largest absolute Gasteiger partial charge is 0.481 e. The lowest BCUT2D eigenvalue weighted by Gasteiger charge is -2.20. The fourth-order valence-electron chi connectivity index (χ4n) is 2.90. The number of carboxylic acid groups (broad SMARTS) is 1. The van der Waals surface area contributed by atoms with Crippen LogP contribution >= 0.6 is 0 Å². The van der Waals surface area contributed by atoms with Gasteiger partial charge in [0.2, 0.25) is 11.8 Å². The molecule has 0 spiro atoms. The van der Waals surface area contributed by atoms with Crippen LogP contribution in [0.2, 0.25) is 0 Å². The monoisotopic (exact) mass is 454 g/mol. The fraction of sp³-hybridized carbons (Fsp3) is 0.227. The van der Waals surface area contributed by atoms with E-state index < -0.39 is 48.7 Å². The standard InChI is InChI=1S/C22H26N6O5/c1-13(14-6-3-2-4-7-14)26-21(33)17(11-19(30)31)28-18(29)12-25-20(32)15-8-5-9-16(10-15)27-22(23)24/h2-10,13,17H,11-12H2,1H3,(H,25,32)(H,26,33)(H,28,29)(H,30,31)(H4,23,24,27)/t13-,17+/m1/s1. The number of hydrogen-bond donors (Lipinski definition) is 6. The van der Waals surface area contributed by atoms with Crippen LogP contribution in [-0.4, -0.2) is 47.3 Å². The van der Waals surface area contributed by atoms with Gasteiger partial charge >= 0.3 is 5.97 Å². The van der Waals surface area contributed by atoms with Crippen LogP contribution in [-0.2, 0) is 14.4 Å². The van der Waals surface area contributed by atoms with Crippen molar-refractivity contribution < 1.29 is 24.3 Å². The van der Waals surface area contributed by atoms with Crippen molar-refractivity contribution in [1.29, 1.82) is 0 Å². The average Bonchev–Trinajstić information content (AvgIpc) is 2.77. The van der Waals surface area contributed by atoms with Gasteiger partial charge in [0, 0.05) is 5.56 Å². The van der Waals surface area contributed by atoms with Crippen molar-refractivity contribution in [2.24, 2.45) is 16.5 Å². The van der Waals surface area contributed by atoms with E-state index in [2.05, 4.69) is 20.9 Å². The SMILES string of the molecule is C[C@@H](NC(=O)[C@H](CC(=O)O)NC(=O)CNC(=O)c1cccc(N=C(N)N)c1)c1ccccc1. The van der Waals surface area contributed by atoms with Crippen molar-refractivity contribution in [1.82, 2.24) is 16.0 Å². The maximum atomic E-state index is 12.6. The third kappa shape index (κ3) is 8.32. The van der Waals surface area contributed by atoms with Crippen LogP contribution in [0.4, 0.5) is 5.69 Å². The molecule has 174 valence electrons. The first-order valence-corrected chi connectivity index (χ1v) is 10.00. The number of aliphatic carboxylic acids is 1. The highest BCUT2D eigenvalue weighted by Crippen LogP contribution is 2.14. The maximum absolute atomic E-state index is 12.6. The number of nitrogens with zero attached hydrogens (tertiary/aromatic N) is 1. The smallest absolute Gasteiger partial charge is 0.305 e. The van der Waals surface area contributed by atoms with Gasteiger partial charge in [-0.05, 0) is 30.7 Å². The van der Waals surface area contributed by atoms with Gasteiger partial charge in [-0.15, -0.1) is 0 Å². The molecule has 0 bridgehead atoms. The number of carbonyl (C=O) groups is 4. The molecule has 2 rings (SSSR count).